The van der Waals surface area contributed by atoms with Crippen LogP contribution in [0.1, 0.15) is 25.8 Å². The average molecular weight is 379 g/mol. The van der Waals surface area contributed by atoms with Crippen molar-refractivity contribution in [3.8, 4) is 0 Å². The molecule has 21 heavy (non-hydrogen) atoms. The summed E-state index contributed by atoms with van der Waals surface area (Å²) in [7, 11) is -1.51. The van der Waals surface area contributed by atoms with Gasteiger partial charge >= 0.3 is 0 Å². The van der Waals surface area contributed by atoms with Crippen LogP contribution in [-0.4, -0.2) is 44.6 Å². The van der Waals surface area contributed by atoms with Crippen LogP contribution in [0.15, 0.2) is 27.6 Å². The molecule has 2 N–H and O–H groups in total. The van der Waals surface area contributed by atoms with E-state index in [1.807, 2.05) is 7.05 Å². The van der Waals surface area contributed by atoms with Crippen molar-refractivity contribution in [1.82, 2.24) is 9.62 Å². The van der Waals surface area contributed by atoms with E-state index in [0.717, 1.165) is 13.0 Å². The lowest BCUT2D eigenvalue weighted by Gasteiger charge is -2.20. The fourth-order valence-corrected chi connectivity index (χ4v) is 3.93. The Morgan fingerprint density at radius 1 is 1.38 bits per heavy atom. The minimum atomic E-state index is -3.53. The maximum absolute atomic E-state index is 12.2. The number of aliphatic hydroxyl groups excluding tert-OH is 1. The van der Waals surface area contributed by atoms with Gasteiger partial charge in [0.05, 0.1) is 11.5 Å². The molecule has 5 nitrogen and oxygen atoms in total. The molecule has 0 unspecified atom stereocenters. The Balaban J connectivity index is 2.62. The van der Waals surface area contributed by atoms with Gasteiger partial charge in [-0.1, -0.05) is 6.07 Å². The molecule has 1 aromatic rings. The second-order valence-electron chi connectivity index (χ2n) is 5.25. The fourth-order valence-electron chi connectivity index (χ4n) is 1.73. The molecule has 0 bridgehead atoms. The number of rotatable bonds is 8. The Kier molecular flexibility index (Phi) is 7.29. The lowest BCUT2D eigenvalue weighted by atomic mass is 10.2. The van der Waals surface area contributed by atoms with Crippen LogP contribution in [0.3, 0.4) is 0 Å². The normalized spacial score (nSPS) is 12.3. The topological polar surface area (TPSA) is 69.6 Å². The third-order valence-corrected chi connectivity index (χ3v) is 5.77. The summed E-state index contributed by atoms with van der Waals surface area (Å²) < 4.78 is 27.5. The summed E-state index contributed by atoms with van der Waals surface area (Å²) in [4.78, 5) is 2.36. The van der Waals surface area contributed by atoms with E-state index in [-0.39, 0.29) is 11.5 Å². The van der Waals surface area contributed by atoms with Gasteiger partial charge in [-0.25, -0.2) is 13.1 Å². The Labute approximate surface area is 135 Å². The predicted molar refractivity (Wildman–Crippen MR) is 87.6 cm³/mol. The molecule has 0 aliphatic heterocycles. The van der Waals surface area contributed by atoms with Crippen molar-refractivity contribution in [1.29, 1.82) is 0 Å². The van der Waals surface area contributed by atoms with Crippen LogP contribution in [0.4, 0.5) is 0 Å². The molecule has 7 heteroatoms. The first-order valence-electron chi connectivity index (χ1n) is 6.87. The van der Waals surface area contributed by atoms with Crippen molar-refractivity contribution in [2.45, 2.75) is 37.8 Å². The second kappa shape index (κ2) is 8.24. The third kappa shape index (κ3) is 5.67. The number of nitrogens with zero attached hydrogens (tertiary/aromatic N) is 1. The fraction of sp³-hybridized carbons (Fsp3) is 0.571. The van der Waals surface area contributed by atoms with Gasteiger partial charge in [0.15, 0.2) is 0 Å². The number of benzene rings is 1. The van der Waals surface area contributed by atoms with Gasteiger partial charge in [-0.15, -0.1) is 0 Å². The van der Waals surface area contributed by atoms with E-state index < -0.39 is 10.0 Å². The highest BCUT2D eigenvalue weighted by Gasteiger charge is 2.17. The third-order valence-electron chi connectivity index (χ3n) is 3.33. The summed E-state index contributed by atoms with van der Waals surface area (Å²) in [6.07, 6.45) is 0.750. The molecule has 0 aliphatic rings. The van der Waals surface area contributed by atoms with Crippen molar-refractivity contribution in [3.63, 3.8) is 0 Å². The van der Waals surface area contributed by atoms with Crippen LogP contribution in [-0.2, 0) is 16.6 Å². The van der Waals surface area contributed by atoms with Crippen molar-refractivity contribution < 1.29 is 13.5 Å². The quantitative estimate of drug-likeness (QED) is 0.678. The zero-order valence-corrected chi connectivity index (χ0v) is 15.0. The second-order valence-corrected chi connectivity index (χ2v) is 7.84. The number of hydrogen-bond acceptors (Lipinski definition) is 4. The van der Waals surface area contributed by atoms with Gasteiger partial charge in [0.25, 0.3) is 0 Å². The smallest absolute Gasteiger partial charge is 0.241 e. The summed E-state index contributed by atoms with van der Waals surface area (Å²) in [6, 6.07) is 5.16. The Morgan fingerprint density at radius 3 is 2.57 bits per heavy atom. The number of hydrogen-bond donors (Lipinski definition) is 2. The van der Waals surface area contributed by atoms with Crippen LogP contribution < -0.4 is 4.72 Å². The summed E-state index contributed by atoms with van der Waals surface area (Å²) in [5.74, 6) is 0. The highest BCUT2D eigenvalue weighted by atomic mass is 79.9. The van der Waals surface area contributed by atoms with E-state index in [0.29, 0.717) is 22.6 Å². The Morgan fingerprint density at radius 2 is 2.05 bits per heavy atom. The Bertz CT molecular complexity index is 561. The minimum absolute atomic E-state index is 0.117. The number of aliphatic hydroxyl groups is 1. The largest absolute Gasteiger partial charge is 0.392 e. The number of sulfonamides is 1. The average Bonchev–Trinajstić information content (AvgIpc) is 2.42. The number of nitrogens with one attached hydrogen (secondary N) is 1. The van der Waals surface area contributed by atoms with E-state index in [1.54, 1.807) is 12.1 Å². The lowest BCUT2D eigenvalue weighted by Crippen LogP contribution is -2.31. The van der Waals surface area contributed by atoms with Crippen molar-refractivity contribution in [2.24, 2.45) is 0 Å². The molecular weight excluding hydrogens is 356 g/mol. The summed E-state index contributed by atoms with van der Waals surface area (Å²) >= 11 is 3.24. The summed E-state index contributed by atoms with van der Waals surface area (Å²) in [5, 5.41) is 9.04. The number of halogens is 1. The van der Waals surface area contributed by atoms with E-state index in [2.05, 4.69) is 39.4 Å². The molecule has 0 heterocycles. The van der Waals surface area contributed by atoms with E-state index in [9.17, 15) is 8.42 Å². The van der Waals surface area contributed by atoms with E-state index >= 15 is 0 Å². The van der Waals surface area contributed by atoms with Gasteiger partial charge in [-0.05, 0) is 67.5 Å². The maximum atomic E-state index is 12.2. The van der Waals surface area contributed by atoms with Gasteiger partial charge in [0.2, 0.25) is 10.0 Å². The van der Waals surface area contributed by atoms with Crippen LogP contribution in [0.25, 0.3) is 0 Å². The molecule has 0 spiro atoms. The summed E-state index contributed by atoms with van der Waals surface area (Å²) in [6.45, 7) is 5.32. The van der Waals surface area contributed by atoms with Crippen LogP contribution in [0, 0.1) is 0 Å². The first kappa shape index (κ1) is 18.6. The molecule has 0 saturated heterocycles. The summed E-state index contributed by atoms with van der Waals surface area (Å²) in [5.41, 5.74) is 0.666. The first-order chi connectivity index (χ1) is 9.77. The van der Waals surface area contributed by atoms with E-state index in [1.165, 1.54) is 6.07 Å². The monoisotopic (exact) mass is 378 g/mol. The van der Waals surface area contributed by atoms with Crippen molar-refractivity contribution in [3.05, 3.63) is 28.2 Å². The van der Waals surface area contributed by atoms with Crippen LogP contribution in [0.2, 0.25) is 0 Å². The van der Waals surface area contributed by atoms with Crippen LogP contribution in [0.5, 0.6) is 0 Å². The van der Waals surface area contributed by atoms with Gasteiger partial charge in [0, 0.05) is 17.1 Å². The predicted octanol–water partition coefficient (Wildman–Crippen LogP) is 1.95. The Hall–Kier alpha value is -0.470. The van der Waals surface area contributed by atoms with Crippen LogP contribution >= 0.6 is 15.9 Å². The van der Waals surface area contributed by atoms with Crippen molar-refractivity contribution in [2.75, 3.05) is 20.1 Å². The van der Waals surface area contributed by atoms with Gasteiger partial charge < -0.3 is 10.0 Å². The molecule has 1 rings (SSSR count). The molecule has 0 aromatic heterocycles. The van der Waals surface area contributed by atoms with Gasteiger partial charge in [-0.2, -0.15) is 0 Å². The van der Waals surface area contributed by atoms with E-state index in [4.69, 9.17) is 5.11 Å². The zero-order valence-electron chi connectivity index (χ0n) is 12.6. The highest BCUT2D eigenvalue weighted by Crippen LogP contribution is 2.23. The molecule has 0 aliphatic carbocycles. The molecular formula is C14H23BrN2O3S. The minimum Gasteiger partial charge on any atom is -0.392 e. The van der Waals surface area contributed by atoms with Gasteiger partial charge in [-0.3, -0.25) is 0 Å². The molecule has 0 saturated carbocycles. The lowest BCUT2D eigenvalue weighted by molar-refractivity contribution is 0.271. The molecule has 0 radical (unpaired) electrons. The molecule has 0 atom stereocenters. The SMILES string of the molecule is CC(C)N(C)CCCNS(=O)(=O)c1ccc(CO)cc1Br. The zero-order chi connectivity index (χ0) is 16.0. The molecule has 0 fully saturated rings. The first-order valence-corrected chi connectivity index (χ1v) is 9.14. The highest BCUT2D eigenvalue weighted by molar-refractivity contribution is 9.10. The maximum Gasteiger partial charge on any atom is 0.241 e. The standard InChI is InChI=1S/C14H23BrN2O3S/c1-11(2)17(3)8-4-7-16-21(19,20)14-6-5-12(10-18)9-13(14)15/h5-6,9,11,16,18H,4,7-8,10H2,1-3H3. The molecule has 0 amide bonds. The molecule has 120 valence electrons. The molecule has 1 aromatic carbocycles. The van der Waals surface area contributed by atoms with Crippen molar-refractivity contribution >= 4 is 26.0 Å². The van der Waals surface area contributed by atoms with Gasteiger partial charge in [0.1, 0.15) is 0 Å².